The second-order valence-corrected chi connectivity index (χ2v) is 2.76. The lowest BCUT2D eigenvalue weighted by atomic mass is 10.3. The predicted molar refractivity (Wildman–Crippen MR) is 49.0 cm³/mol. The van der Waals surface area contributed by atoms with Crippen molar-refractivity contribution in [2.24, 2.45) is 0 Å². The van der Waals surface area contributed by atoms with Gasteiger partial charge in [0.1, 0.15) is 0 Å². The molecular formula is C9H14N2O. The van der Waals surface area contributed by atoms with E-state index >= 15 is 0 Å². The fraction of sp³-hybridized carbons (Fsp3) is 0.444. The van der Waals surface area contributed by atoms with E-state index in [1.54, 1.807) is 18.3 Å². The minimum absolute atomic E-state index is 0.194. The molecule has 0 aliphatic heterocycles. The summed E-state index contributed by atoms with van der Waals surface area (Å²) in [6.07, 6.45) is 2.81. The molecule has 0 saturated carbocycles. The molecule has 1 unspecified atom stereocenters. The molecule has 1 atom stereocenters. The van der Waals surface area contributed by atoms with Crippen molar-refractivity contribution < 1.29 is 4.74 Å². The molecule has 0 fully saturated rings. The smallest absolute Gasteiger partial charge is 0.215 e. The van der Waals surface area contributed by atoms with Crippen molar-refractivity contribution in [2.75, 3.05) is 5.73 Å². The molecule has 1 aromatic heterocycles. The number of nitrogens with zero attached hydrogens (tertiary/aromatic N) is 1. The number of rotatable bonds is 3. The van der Waals surface area contributed by atoms with Crippen LogP contribution in [0.15, 0.2) is 18.3 Å². The molecule has 66 valence electrons. The van der Waals surface area contributed by atoms with Gasteiger partial charge in [-0.15, -0.1) is 0 Å². The van der Waals surface area contributed by atoms with Crippen LogP contribution in [-0.4, -0.2) is 11.1 Å². The first-order valence-electron chi connectivity index (χ1n) is 4.10. The minimum atomic E-state index is 0.194. The highest BCUT2D eigenvalue weighted by Crippen LogP contribution is 2.12. The molecule has 2 N–H and O–H groups in total. The quantitative estimate of drug-likeness (QED) is 0.745. The zero-order valence-corrected chi connectivity index (χ0v) is 7.45. The Labute approximate surface area is 72.6 Å². The standard InChI is InChI=1S/C9H14N2O/c1-3-7(2)12-9-6-8(10)4-5-11-9/h4-7H,3H2,1-2H3,(H2,10,11). The largest absolute Gasteiger partial charge is 0.475 e. The number of hydrogen-bond acceptors (Lipinski definition) is 3. The summed E-state index contributed by atoms with van der Waals surface area (Å²) in [6, 6.07) is 3.47. The first-order valence-corrected chi connectivity index (χ1v) is 4.10. The summed E-state index contributed by atoms with van der Waals surface area (Å²) < 4.78 is 5.45. The van der Waals surface area contributed by atoms with Crippen molar-refractivity contribution in [1.29, 1.82) is 0 Å². The van der Waals surface area contributed by atoms with Gasteiger partial charge in [-0.05, 0) is 19.4 Å². The maximum Gasteiger partial charge on any atom is 0.215 e. The van der Waals surface area contributed by atoms with E-state index in [-0.39, 0.29) is 6.10 Å². The molecular weight excluding hydrogens is 152 g/mol. The van der Waals surface area contributed by atoms with Gasteiger partial charge >= 0.3 is 0 Å². The van der Waals surface area contributed by atoms with E-state index in [4.69, 9.17) is 10.5 Å². The van der Waals surface area contributed by atoms with E-state index in [0.717, 1.165) is 6.42 Å². The van der Waals surface area contributed by atoms with Gasteiger partial charge in [0, 0.05) is 18.0 Å². The van der Waals surface area contributed by atoms with Gasteiger partial charge in [0.2, 0.25) is 5.88 Å². The Hall–Kier alpha value is -1.25. The lowest BCUT2D eigenvalue weighted by molar-refractivity contribution is 0.209. The summed E-state index contributed by atoms with van der Waals surface area (Å²) in [5.41, 5.74) is 6.24. The van der Waals surface area contributed by atoms with Gasteiger partial charge in [-0.1, -0.05) is 6.92 Å². The van der Waals surface area contributed by atoms with E-state index in [0.29, 0.717) is 11.6 Å². The van der Waals surface area contributed by atoms with Crippen molar-refractivity contribution in [3.8, 4) is 5.88 Å². The first-order chi connectivity index (χ1) is 5.72. The molecule has 1 aromatic rings. The number of pyridine rings is 1. The lowest BCUT2D eigenvalue weighted by Gasteiger charge is -2.10. The highest BCUT2D eigenvalue weighted by Gasteiger charge is 2.01. The molecule has 0 saturated heterocycles. The Morgan fingerprint density at radius 3 is 3.00 bits per heavy atom. The summed E-state index contributed by atoms with van der Waals surface area (Å²) in [5.74, 6) is 0.601. The van der Waals surface area contributed by atoms with Crippen molar-refractivity contribution in [2.45, 2.75) is 26.4 Å². The third-order valence-corrected chi connectivity index (χ3v) is 1.66. The van der Waals surface area contributed by atoms with E-state index in [1.165, 1.54) is 0 Å². The number of nitrogens with two attached hydrogens (primary N) is 1. The molecule has 3 nitrogen and oxygen atoms in total. The zero-order chi connectivity index (χ0) is 8.97. The predicted octanol–water partition coefficient (Wildman–Crippen LogP) is 1.84. The van der Waals surface area contributed by atoms with E-state index in [9.17, 15) is 0 Å². The third-order valence-electron chi connectivity index (χ3n) is 1.66. The van der Waals surface area contributed by atoms with Crippen LogP contribution < -0.4 is 10.5 Å². The Morgan fingerprint density at radius 1 is 1.67 bits per heavy atom. The molecule has 3 heteroatoms. The van der Waals surface area contributed by atoms with Crippen molar-refractivity contribution >= 4 is 5.69 Å². The van der Waals surface area contributed by atoms with Crippen LogP contribution in [0.1, 0.15) is 20.3 Å². The van der Waals surface area contributed by atoms with E-state index in [2.05, 4.69) is 11.9 Å². The fourth-order valence-electron chi connectivity index (χ4n) is 0.779. The zero-order valence-electron chi connectivity index (χ0n) is 7.45. The van der Waals surface area contributed by atoms with Gasteiger partial charge in [-0.3, -0.25) is 0 Å². The van der Waals surface area contributed by atoms with Crippen molar-refractivity contribution in [3.63, 3.8) is 0 Å². The highest BCUT2D eigenvalue weighted by atomic mass is 16.5. The topological polar surface area (TPSA) is 48.1 Å². The summed E-state index contributed by atoms with van der Waals surface area (Å²) in [5, 5.41) is 0. The number of anilines is 1. The minimum Gasteiger partial charge on any atom is -0.475 e. The number of hydrogen-bond donors (Lipinski definition) is 1. The summed E-state index contributed by atoms with van der Waals surface area (Å²) in [4.78, 5) is 4.03. The molecule has 1 heterocycles. The normalized spacial score (nSPS) is 12.5. The first kappa shape index (κ1) is 8.84. The van der Waals surface area contributed by atoms with Gasteiger partial charge in [0.15, 0.2) is 0 Å². The molecule has 1 rings (SSSR count). The van der Waals surface area contributed by atoms with Crippen molar-refractivity contribution in [3.05, 3.63) is 18.3 Å². The van der Waals surface area contributed by atoms with Gasteiger partial charge in [0.05, 0.1) is 6.10 Å². The van der Waals surface area contributed by atoms with Crippen LogP contribution in [0.4, 0.5) is 5.69 Å². The van der Waals surface area contributed by atoms with Crippen LogP contribution >= 0.6 is 0 Å². The van der Waals surface area contributed by atoms with Crippen LogP contribution in [-0.2, 0) is 0 Å². The fourth-order valence-corrected chi connectivity index (χ4v) is 0.779. The Morgan fingerprint density at radius 2 is 2.42 bits per heavy atom. The average Bonchev–Trinajstić information content (AvgIpc) is 2.04. The van der Waals surface area contributed by atoms with Gasteiger partial charge in [-0.2, -0.15) is 0 Å². The maximum atomic E-state index is 5.56. The highest BCUT2D eigenvalue weighted by molar-refractivity contribution is 5.39. The molecule has 0 aliphatic carbocycles. The lowest BCUT2D eigenvalue weighted by Crippen LogP contribution is -2.10. The van der Waals surface area contributed by atoms with Crippen LogP contribution in [0.5, 0.6) is 5.88 Å². The summed E-state index contributed by atoms with van der Waals surface area (Å²) >= 11 is 0. The molecule has 0 bridgehead atoms. The Kier molecular flexibility index (Phi) is 2.91. The molecule has 0 aromatic carbocycles. The molecule has 0 amide bonds. The second kappa shape index (κ2) is 3.95. The molecule has 0 aliphatic rings. The summed E-state index contributed by atoms with van der Waals surface area (Å²) in [6.45, 7) is 4.07. The number of aromatic nitrogens is 1. The van der Waals surface area contributed by atoms with Gasteiger partial charge in [-0.25, -0.2) is 4.98 Å². The van der Waals surface area contributed by atoms with Gasteiger partial charge in [0.25, 0.3) is 0 Å². The van der Waals surface area contributed by atoms with Crippen LogP contribution in [0, 0.1) is 0 Å². The third kappa shape index (κ3) is 2.42. The van der Waals surface area contributed by atoms with Gasteiger partial charge < -0.3 is 10.5 Å². The Bertz CT molecular complexity index is 250. The van der Waals surface area contributed by atoms with E-state index in [1.807, 2.05) is 6.92 Å². The Balaban J connectivity index is 2.63. The molecule has 12 heavy (non-hydrogen) atoms. The van der Waals surface area contributed by atoms with Crippen molar-refractivity contribution in [1.82, 2.24) is 4.98 Å². The number of nitrogen functional groups attached to an aromatic ring is 1. The summed E-state index contributed by atoms with van der Waals surface area (Å²) in [7, 11) is 0. The molecule has 0 radical (unpaired) electrons. The second-order valence-electron chi connectivity index (χ2n) is 2.76. The maximum absolute atomic E-state index is 5.56. The SMILES string of the molecule is CCC(C)Oc1cc(N)ccn1. The number of ether oxygens (including phenoxy) is 1. The van der Waals surface area contributed by atoms with Crippen LogP contribution in [0.3, 0.4) is 0 Å². The monoisotopic (exact) mass is 166 g/mol. The van der Waals surface area contributed by atoms with Crippen LogP contribution in [0.25, 0.3) is 0 Å². The molecule has 0 spiro atoms. The average molecular weight is 166 g/mol. The van der Waals surface area contributed by atoms with E-state index < -0.39 is 0 Å². The van der Waals surface area contributed by atoms with Crippen LogP contribution in [0.2, 0.25) is 0 Å².